The third kappa shape index (κ3) is 5.77. The summed E-state index contributed by atoms with van der Waals surface area (Å²) in [6.45, 7) is 2.65. The monoisotopic (exact) mass is 237 g/mol. The molecule has 1 rings (SSSR count). The Morgan fingerprint density at radius 3 is 2.65 bits per heavy atom. The third-order valence-electron chi connectivity index (χ3n) is 2.96. The summed E-state index contributed by atoms with van der Waals surface area (Å²) in [4.78, 5) is 6.32. The number of nitrogens with two attached hydrogens (primary N) is 1. The normalized spacial score (nSPS) is 12.9. The predicted octanol–water partition coefficient (Wildman–Crippen LogP) is 0.920. The average Bonchev–Trinajstić information content (AvgIpc) is 2.39. The highest BCUT2D eigenvalue weighted by Crippen LogP contribution is 2.01. The van der Waals surface area contributed by atoms with Crippen LogP contribution in [0.4, 0.5) is 0 Å². The number of pyridine rings is 1. The van der Waals surface area contributed by atoms with Gasteiger partial charge in [0.25, 0.3) is 0 Å². The quantitative estimate of drug-likeness (QED) is 0.730. The fraction of sp³-hybridized carbons (Fsp3) is 0.615. The average molecular weight is 237 g/mol. The van der Waals surface area contributed by atoms with E-state index in [1.807, 2.05) is 12.4 Å². The number of nitrogens with zero attached hydrogens (tertiary/aromatic N) is 2. The zero-order chi connectivity index (χ0) is 12.5. The maximum atomic E-state index is 5.58. The summed E-state index contributed by atoms with van der Waals surface area (Å²) in [6.07, 6.45) is 5.90. The van der Waals surface area contributed by atoms with Gasteiger partial charge < -0.3 is 15.4 Å². The molecule has 0 aliphatic heterocycles. The van der Waals surface area contributed by atoms with Crippen molar-refractivity contribution in [2.24, 2.45) is 5.73 Å². The summed E-state index contributed by atoms with van der Waals surface area (Å²) in [5.74, 6) is 0. The number of hydrogen-bond donors (Lipinski definition) is 1. The number of aromatic nitrogens is 1. The zero-order valence-electron chi connectivity index (χ0n) is 10.8. The van der Waals surface area contributed by atoms with Gasteiger partial charge in [-0.2, -0.15) is 0 Å². The number of likely N-dealkylation sites (N-methyl/N-ethyl adjacent to an activating group) is 1. The van der Waals surface area contributed by atoms with Gasteiger partial charge in [0.1, 0.15) is 0 Å². The molecule has 1 aromatic heterocycles. The van der Waals surface area contributed by atoms with E-state index in [0.29, 0.717) is 6.54 Å². The molecule has 1 unspecified atom stereocenters. The van der Waals surface area contributed by atoms with Crippen LogP contribution in [0.15, 0.2) is 24.5 Å². The molecule has 2 N–H and O–H groups in total. The van der Waals surface area contributed by atoms with E-state index in [9.17, 15) is 0 Å². The second-order valence-corrected chi connectivity index (χ2v) is 4.29. The van der Waals surface area contributed by atoms with Gasteiger partial charge in [-0.3, -0.25) is 4.98 Å². The van der Waals surface area contributed by atoms with Crippen molar-refractivity contribution in [3.63, 3.8) is 0 Å². The Bertz CT molecular complexity index is 288. The molecular weight excluding hydrogens is 214 g/mol. The van der Waals surface area contributed by atoms with Gasteiger partial charge in [0.05, 0.1) is 6.10 Å². The molecule has 4 heteroatoms. The Morgan fingerprint density at radius 2 is 2.06 bits per heavy atom. The van der Waals surface area contributed by atoms with Crippen molar-refractivity contribution in [2.45, 2.75) is 18.9 Å². The summed E-state index contributed by atoms with van der Waals surface area (Å²) in [5, 5.41) is 0. The van der Waals surface area contributed by atoms with Crippen LogP contribution in [0, 0.1) is 0 Å². The fourth-order valence-electron chi connectivity index (χ4n) is 1.68. The first-order valence-electron chi connectivity index (χ1n) is 6.06. The molecule has 4 nitrogen and oxygen atoms in total. The summed E-state index contributed by atoms with van der Waals surface area (Å²) in [5.41, 5.74) is 6.91. The fourth-order valence-corrected chi connectivity index (χ4v) is 1.68. The van der Waals surface area contributed by atoms with Gasteiger partial charge >= 0.3 is 0 Å². The molecule has 0 saturated carbocycles. The molecule has 17 heavy (non-hydrogen) atoms. The smallest absolute Gasteiger partial charge is 0.0705 e. The molecule has 1 atom stereocenters. The highest BCUT2D eigenvalue weighted by molar-refractivity contribution is 5.09. The molecule has 0 aliphatic carbocycles. The summed E-state index contributed by atoms with van der Waals surface area (Å²) in [6, 6.07) is 4.12. The Labute approximate surface area is 104 Å². The topological polar surface area (TPSA) is 51.4 Å². The van der Waals surface area contributed by atoms with Crippen molar-refractivity contribution < 1.29 is 4.74 Å². The number of rotatable bonds is 8. The van der Waals surface area contributed by atoms with Gasteiger partial charge in [0.15, 0.2) is 0 Å². The van der Waals surface area contributed by atoms with Crippen LogP contribution in [0.3, 0.4) is 0 Å². The first-order valence-corrected chi connectivity index (χ1v) is 6.06. The maximum Gasteiger partial charge on any atom is 0.0705 e. The second-order valence-electron chi connectivity index (χ2n) is 4.29. The molecule has 1 heterocycles. The Balaban J connectivity index is 2.19. The highest BCUT2D eigenvalue weighted by Gasteiger charge is 2.06. The van der Waals surface area contributed by atoms with Crippen LogP contribution in [0.5, 0.6) is 0 Å². The minimum absolute atomic E-state index is 0.179. The largest absolute Gasteiger partial charge is 0.380 e. The van der Waals surface area contributed by atoms with Crippen LogP contribution in [-0.4, -0.2) is 49.8 Å². The van der Waals surface area contributed by atoms with Crippen molar-refractivity contribution in [1.82, 2.24) is 9.88 Å². The van der Waals surface area contributed by atoms with Crippen LogP contribution in [-0.2, 0) is 11.2 Å². The van der Waals surface area contributed by atoms with Crippen molar-refractivity contribution in [3.8, 4) is 0 Å². The van der Waals surface area contributed by atoms with E-state index in [0.717, 1.165) is 25.9 Å². The first kappa shape index (κ1) is 14.1. The minimum atomic E-state index is 0.179. The Hall–Kier alpha value is -0.970. The van der Waals surface area contributed by atoms with E-state index < -0.39 is 0 Å². The Morgan fingerprint density at radius 1 is 1.35 bits per heavy atom. The van der Waals surface area contributed by atoms with Gasteiger partial charge in [0, 0.05) is 39.1 Å². The van der Waals surface area contributed by atoms with Crippen LogP contribution < -0.4 is 5.73 Å². The standard InChI is InChI=1S/C13H23N3O/c1-16(10-6-13(11-14)17-2)9-5-12-3-7-15-8-4-12/h3-4,7-8,13H,5-6,9-11,14H2,1-2H3. The van der Waals surface area contributed by atoms with E-state index in [2.05, 4.69) is 29.1 Å². The minimum Gasteiger partial charge on any atom is -0.380 e. The summed E-state index contributed by atoms with van der Waals surface area (Å²) >= 11 is 0. The van der Waals surface area contributed by atoms with E-state index in [1.54, 1.807) is 7.11 Å². The molecule has 0 amide bonds. The zero-order valence-corrected chi connectivity index (χ0v) is 10.8. The SMILES string of the molecule is COC(CN)CCN(C)CCc1ccncc1. The molecule has 0 aliphatic rings. The van der Waals surface area contributed by atoms with Gasteiger partial charge in [-0.05, 0) is 37.6 Å². The van der Waals surface area contributed by atoms with Gasteiger partial charge in [0.2, 0.25) is 0 Å². The molecule has 1 aromatic rings. The lowest BCUT2D eigenvalue weighted by Crippen LogP contribution is -2.30. The molecule has 0 radical (unpaired) electrons. The Kier molecular flexibility index (Phi) is 6.77. The summed E-state index contributed by atoms with van der Waals surface area (Å²) in [7, 11) is 3.85. The number of hydrogen-bond acceptors (Lipinski definition) is 4. The van der Waals surface area contributed by atoms with Gasteiger partial charge in [-0.25, -0.2) is 0 Å². The van der Waals surface area contributed by atoms with E-state index in [4.69, 9.17) is 10.5 Å². The van der Waals surface area contributed by atoms with Crippen LogP contribution in [0.2, 0.25) is 0 Å². The van der Waals surface area contributed by atoms with Crippen molar-refractivity contribution >= 4 is 0 Å². The summed E-state index contributed by atoms with van der Waals surface area (Å²) < 4.78 is 5.25. The highest BCUT2D eigenvalue weighted by atomic mass is 16.5. The van der Waals surface area contributed by atoms with Crippen molar-refractivity contribution in [3.05, 3.63) is 30.1 Å². The molecular formula is C13H23N3O. The maximum absolute atomic E-state index is 5.58. The van der Waals surface area contributed by atoms with Crippen LogP contribution in [0.1, 0.15) is 12.0 Å². The molecule has 0 spiro atoms. The lowest BCUT2D eigenvalue weighted by atomic mass is 10.2. The lowest BCUT2D eigenvalue weighted by molar-refractivity contribution is 0.0927. The van der Waals surface area contributed by atoms with Gasteiger partial charge in [-0.15, -0.1) is 0 Å². The van der Waals surface area contributed by atoms with E-state index in [1.165, 1.54) is 5.56 Å². The van der Waals surface area contributed by atoms with Crippen LogP contribution in [0.25, 0.3) is 0 Å². The molecule has 96 valence electrons. The second kappa shape index (κ2) is 8.17. The molecule has 0 aromatic carbocycles. The van der Waals surface area contributed by atoms with E-state index >= 15 is 0 Å². The van der Waals surface area contributed by atoms with Crippen molar-refractivity contribution in [1.29, 1.82) is 0 Å². The molecule has 0 fully saturated rings. The molecule has 0 bridgehead atoms. The molecule has 0 saturated heterocycles. The van der Waals surface area contributed by atoms with E-state index in [-0.39, 0.29) is 6.10 Å². The first-order chi connectivity index (χ1) is 8.26. The van der Waals surface area contributed by atoms with Crippen molar-refractivity contribution in [2.75, 3.05) is 33.8 Å². The predicted molar refractivity (Wildman–Crippen MR) is 69.9 cm³/mol. The van der Waals surface area contributed by atoms with Crippen LogP contribution >= 0.6 is 0 Å². The lowest BCUT2D eigenvalue weighted by Gasteiger charge is -2.19. The third-order valence-corrected chi connectivity index (χ3v) is 2.96. The number of ether oxygens (including phenoxy) is 1. The number of methoxy groups -OCH3 is 1. The van der Waals surface area contributed by atoms with Gasteiger partial charge in [-0.1, -0.05) is 0 Å².